The molecule has 2 aromatic carbocycles. The molecule has 2 heterocycles. The van der Waals surface area contributed by atoms with Crippen LogP contribution >= 0.6 is 0 Å². The molecule has 0 spiro atoms. The second kappa shape index (κ2) is 11.3. The first kappa shape index (κ1) is 22.6. The van der Waals surface area contributed by atoms with Crippen molar-refractivity contribution in [2.24, 2.45) is 0 Å². The Morgan fingerprint density at radius 1 is 0.533 bits per heavy atom. The van der Waals surface area contributed by atoms with Gasteiger partial charge in [0.25, 0.3) is 0 Å². The van der Waals surface area contributed by atoms with Crippen LogP contribution < -0.4 is 11.5 Å². The summed E-state index contributed by atoms with van der Waals surface area (Å²) in [5, 5.41) is 0. The molecule has 164 valence electrons. The van der Waals surface area contributed by atoms with Crippen LogP contribution in [-0.2, 0) is 13.1 Å². The molecule has 4 N–H and O–H groups in total. The Morgan fingerprint density at radius 3 is 1.13 bits per heavy atom. The van der Waals surface area contributed by atoms with Gasteiger partial charge in [0.2, 0.25) is 0 Å². The topological polar surface area (TPSA) is 65.0 Å². The zero-order chi connectivity index (χ0) is 21.3. The van der Waals surface area contributed by atoms with Crippen molar-refractivity contribution in [1.82, 2.24) is 19.6 Å². The molecular weight excluding hydrogens is 372 g/mol. The van der Waals surface area contributed by atoms with Crippen molar-refractivity contribution in [3.05, 3.63) is 59.7 Å². The van der Waals surface area contributed by atoms with Crippen LogP contribution in [0.15, 0.2) is 48.5 Å². The van der Waals surface area contributed by atoms with Crippen molar-refractivity contribution in [2.75, 3.05) is 77.9 Å². The van der Waals surface area contributed by atoms with E-state index in [-0.39, 0.29) is 0 Å². The van der Waals surface area contributed by atoms with E-state index in [1.54, 1.807) is 0 Å². The average Bonchev–Trinajstić information content (AvgIpc) is 2.75. The number of benzene rings is 2. The van der Waals surface area contributed by atoms with Gasteiger partial charge in [0.05, 0.1) is 0 Å². The second-order valence-corrected chi connectivity index (χ2v) is 8.64. The lowest BCUT2D eigenvalue weighted by Crippen LogP contribution is -2.43. The molecule has 2 saturated heterocycles. The van der Waals surface area contributed by atoms with Gasteiger partial charge in [-0.2, -0.15) is 0 Å². The molecule has 0 amide bonds. The highest BCUT2D eigenvalue weighted by molar-refractivity contribution is 5.39. The first-order valence-electron chi connectivity index (χ1n) is 11.0. The lowest BCUT2D eigenvalue weighted by Gasteiger charge is -2.32. The van der Waals surface area contributed by atoms with Gasteiger partial charge in [-0.1, -0.05) is 24.3 Å². The quantitative estimate of drug-likeness (QED) is 0.752. The molecule has 0 saturated carbocycles. The molecule has 0 unspecified atom stereocenters. The van der Waals surface area contributed by atoms with Crippen molar-refractivity contribution in [1.29, 1.82) is 0 Å². The van der Waals surface area contributed by atoms with Gasteiger partial charge < -0.3 is 21.3 Å². The standard InChI is InChI=1S/2C12H19N3/c2*1-14-6-8-15(9-7-14)10-11-2-4-12(13)5-3-11/h2*2-5H,6-10,13H2,1H3. The fourth-order valence-electron chi connectivity index (χ4n) is 3.77. The Balaban J connectivity index is 0.000000171. The molecule has 6 heteroatoms. The number of nitrogen functional groups attached to an aromatic ring is 2. The van der Waals surface area contributed by atoms with Crippen molar-refractivity contribution < 1.29 is 0 Å². The number of hydrogen-bond acceptors (Lipinski definition) is 6. The number of rotatable bonds is 4. The van der Waals surface area contributed by atoms with Crippen molar-refractivity contribution >= 4 is 11.4 Å². The minimum absolute atomic E-state index is 0.845. The van der Waals surface area contributed by atoms with Crippen LogP contribution in [0.4, 0.5) is 11.4 Å². The third-order valence-electron chi connectivity index (χ3n) is 5.96. The number of nitrogens with zero attached hydrogens (tertiary/aromatic N) is 4. The van der Waals surface area contributed by atoms with Crippen molar-refractivity contribution in [2.45, 2.75) is 13.1 Å². The maximum absolute atomic E-state index is 5.66. The van der Waals surface area contributed by atoms with E-state index in [9.17, 15) is 0 Å². The third-order valence-corrected chi connectivity index (χ3v) is 5.96. The summed E-state index contributed by atoms with van der Waals surface area (Å²) in [4.78, 5) is 9.73. The van der Waals surface area contributed by atoms with E-state index >= 15 is 0 Å². The lowest BCUT2D eigenvalue weighted by molar-refractivity contribution is 0.148. The van der Waals surface area contributed by atoms with E-state index in [1.165, 1.54) is 63.5 Å². The van der Waals surface area contributed by atoms with Gasteiger partial charge in [0, 0.05) is 76.8 Å². The maximum Gasteiger partial charge on any atom is 0.0314 e. The van der Waals surface area contributed by atoms with Crippen molar-refractivity contribution in [3.63, 3.8) is 0 Å². The summed E-state index contributed by atoms with van der Waals surface area (Å²) in [5.41, 5.74) is 15.7. The number of piperazine rings is 2. The summed E-state index contributed by atoms with van der Waals surface area (Å²) in [6, 6.07) is 16.4. The zero-order valence-electron chi connectivity index (χ0n) is 18.6. The van der Waals surface area contributed by atoms with Gasteiger partial charge in [0.15, 0.2) is 0 Å². The molecular formula is C24H38N6. The van der Waals surface area contributed by atoms with E-state index in [0.29, 0.717) is 0 Å². The van der Waals surface area contributed by atoms with Crippen LogP contribution in [0.25, 0.3) is 0 Å². The van der Waals surface area contributed by atoms with Gasteiger partial charge in [-0.05, 0) is 49.5 Å². The van der Waals surface area contributed by atoms with Crippen LogP contribution in [0, 0.1) is 0 Å². The lowest BCUT2D eigenvalue weighted by atomic mass is 10.2. The molecule has 0 aromatic heterocycles. The Labute approximate surface area is 182 Å². The minimum Gasteiger partial charge on any atom is -0.399 e. The second-order valence-electron chi connectivity index (χ2n) is 8.64. The molecule has 2 aliphatic rings. The molecule has 0 bridgehead atoms. The summed E-state index contributed by atoms with van der Waals surface area (Å²) in [7, 11) is 4.36. The molecule has 4 rings (SSSR count). The number of likely N-dealkylation sites (N-methyl/N-ethyl adjacent to an activating group) is 2. The van der Waals surface area contributed by atoms with Crippen LogP contribution in [0.5, 0.6) is 0 Å². The summed E-state index contributed by atoms with van der Waals surface area (Å²) >= 11 is 0. The predicted molar refractivity (Wildman–Crippen MR) is 127 cm³/mol. The molecule has 30 heavy (non-hydrogen) atoms. The van der Waals surface area contributed by atoms with Gasteiger partial charge >= 0.3 is 0 Å². The SMILES string of the molecule is CN1CCN(Cc2ccc(N)cc2)CC1.CN1CCN(Cc2ccc(N)cc2)CC1. The van der Waals surface area contributed by atoms with Crippen LogP contribution in [0.3, 0.4) is 0 Å². The normalized spacial score (nSPS) is 19.3. The molecule has 0 radical (unpaired) electrons. The van der Waals surface area contributed by atoms with Gasteiger partial charge in [0.1, 0.15) is 0 Å². The first-order chi connectivity index (χ1) is 14.5. The molecule has 2 aliphatic heterocycles. The molecule has 0 aliphatic carbocycles. The molecule has 2 fully saturated rings. The highest BCUT2D eigenvalue weighted by Crippen LogP contribution is 2.11. The van der Waals surface area contributed by atoms with Gasteiger partial charge in [-0.15, -0.1) is 0 Å². The Bertz CT molecular complexity index is 664. The van der Waals surface area contributed by atoms with E-state index in [0.717, 1.165) is 24.5 Å². The zero-order valence-corrected chi connectivity index (χ0v) is 18.6. The number of nitrogens with two attached hydrogens (primary N) is 2. The van der Waals surface area contributed by atoms with Crippen LogP contribution in [0.1, 0.15) is 11.1 Å². The Kier molecular flexibility index (Phi) is 8.51. The van der Waals surface area contributed by atoms with E-state index < -0.39 is 0 Å². The summed E-state index contributed by atoms with van der Waals surface area (Å²) in [5.74, 6) is 0. The molecule has 6 nitrogen and oxygen atoms in total. The summed E-state index contributed by atoms with van der Waals surface area (Å²) < 4.78 is 0. The maximum atomic E-state index is 5.66. The third kappa shape index (κ3) is 7.61. The largest absolute Gasteiger partial charge is 0.399 e. The summed E-state index contributed by atoms with van der Waals surface area (Å²) in [6.45, 7) is 11.5. The molecule has 2 aromatic rings. The van der Waals surface area contributed by atoms with Crippen LogP contribution in [-0.4, -0.2) is 86.1 Å². The van der Waals surface area contributed by atoms with E-state index in [1.807, 2.05) is 24.3 Å². The fraction of sp³-hybridized carbons (Fsp3) is 0.500. The number of hydrogen-bond donors (Lipinski definition) is 2. The van der Waals surface area contributed by atoms with E-state index in [2.05, 4.69) is 58.0 Å². The fourth-order valence-corrected chi connectivity index (χ4v) is 3.77. The highest BCUT2D eigenvalue weighted by atomic mass is 15.2. The smallest absolute Gasteiger partial charge is 0.0314 e. The van der Waals surface area contributed by atoms with Crippen molar-refractivity contribution in [3.8, 4) is 0 Å². The van der Waals surface area contributed by atoms with Gasteiger partial charge in [-0.25, -0.2) is 0 Å². The van der Waals surface area contributed by atoms with Crippen LogP contribution in [0.2, 0.25) is 0 Å². The Morgan fingerprint density at radius 2 is 0.833 bits per heavy atom. The van der Waals surface area contributed by atoms with E-state index in [4.69, 9.17) is 11.5 Å². The first-order valence-corrected chi connectivity index (χ1v) is 11.0. The van der Waals surface area contributed by atoms with Gasteiger partial charge in [-0.3, -0.25) is 9.80 Å². The Hall–Kier alpha value is -2.12. The number of anilines is 2. The average molecular weight is 411 g/mol. The monoisotopic (exact) mass is 410 g/mol. The molecule has 0 atom stereocenters. The predicted octanol–water partition coefficient (Wildman–Crippen LogP) is 2.03. The minimum atomic E-state index is 0.845. The summed E-state index contributed by atoms with van der Waals surface area (Å²) in [6.07, 6.45) is 0. The highest BCUT2D eigenvalue weighted by Gasteiger charge is 2.14.